The summed E-state index contributed by atoms with van der Waals surface area (Å²) in [6.07, 6.45) is 3.79. The van der Waals surface area contributed by atoms with Crippen LogP contribution in [-0.4, -0.2) is 19.6 Å². The van der Waals surface area contributed by atoms with Gasteiger partial charge in [0.05, 0.1) is 6.61 Å². The van der Waals surface area contributed by atoms with Gasteiger partial charge in [-0.1, -0.05) is 17.6 Å². The molecule has 0 atom stereocenters. The highest BCUT2D eigenvalue weighted by atomic mass is 16.2. The van der Waals surface area contributed by atoms with E-state index < -0.39 is 0 Å². The topological polar surface area (TPSA) is 20.2 Å². The third-order valence-electron chi connectivity index (χ3n) is 1.48. The second-order valence-electron chi connectivity index (χ2n) is 2.74. The maximum atomic E-state index is 8.59. The smallest absolute Gasteiger partial charge is 0.138 e. The van der Waals surface area contributed by atoms with Crippen molar-refractivity contribution in [1.29, 1.82) is 0 Å². The maximum Gasteiger partial charge on any atom is 0.138 e. The molecule has 0 radical (unpaired) electrons. The van der Waals surface area contributed by atoms with Crippen molar-refractivity contribution in [3.63, 3.8) is 0 Å². The molecule has 2 heteroatoms. The molecule has 0 unspecified atom stereocenters. The first-order chi connectivity index (χ1) is 5.07. The normalized spacial score (nSPS) is 13.4. The van der Waals surface area contributed by atoms with Gasteiger partial charge in [0.15, 0.2) is 0 Å². The predicted molar refractivity (Wildman–Crippen MR) is 52.3 cm³/mol. The van der Waals surface area contributed by atoms with Crippen molar-refractivity contribution in [1.82, 2.24) is 0 Å². The van der Waals surface area contributed by atoms with Gasteiger partial charge in [0, 0.05) is 0 Å². The molecule has 0 saturated heterocycles. The molecule has 0 aromatic heterocycles. The number of rotatable bonds is 3. The van der Waals surface area contributed by atoms with E-state index in [-0.39, 0.29) is 6.61 Å². The van der Waals surface area contributed by atoms with E-state index in [1.807, 2.05) is 27.8 Å². The zero-order chi connectivity index (χ0) is 8.85. The van der Waals surface area contributed by atoms with Crippen LogP contribution < -0.4 is 0 Å². The van der Waals surface area contributed by atoms with Crippen molar-refractivity contribution in [2.45, 2.75) is 13.8 Å². The van der Waals surface area contributed by atoms with Crippen molar-refractivity contribution in [3.05, 3.63) is 35.3 Å². The summed E-state index contributed by atoms with van der Waals surface area (Å²) < 4.78 is 0. The minimum Gasteiger partial charge on any atom is -0.392 e. The number of aliphatic hydroxyl groups is 1. The molecule has 1 nitrogen and oxygen atoms in total. The van der Waals surface area contributed by atoms with Crippen LogP contribution in [0, 0.1) is 0 Å². The minimum absolute atomic E-state index is 0.104. The lowest BCUT2D eigenvalue weighted by Crippen LogP contribution is -1.84. The lowest BCUT2D eigenvalue weighted by molar-refractivity contribution is 0.342. The van der Waals surface area contributed by atoms with Crippen molar-refractivity contribution in [2.24, 2.45) is 0 Å². The Hall–Kier alpha value is -0.755. The number of hydrogen-bond acceptors (Lipinski definition) is 1. The van der Waals surface area contributed by atoms with Crippen LogP contribution in [0.25, 0.3) is 0 Å². The largest absolute Gasteiger partial charge is 0.392 e. The molecule has 0 aliphatic carbocycles. The molecular formula is C9H15BO. The summed E-state index contributed by atoms with van der Waals surface area (Å²) in [7, 11) is 1.95. The van der Waals surface area contributed by atoms with Gasteiger partial charge >= 0.3 is 0 Å². The van der Waals surface area contributed by atoms with Gasteiger partial charge in [-0.3, -0.25) is 0 Å². The van der Waals surface area contributed by atoms with Gasteiger partial charge in [-0.2, -0.15) is 0 Å². The van der Waals surface area contributed by atoms with Gasteiger partial charge in [0.25, 0.3) is 0 Å². The van der Waals surface area contributed by atoms with Gasteiger partial charge in [-0.15, -0.1) is 6.58 Å². The number of hydrogen-bond donors (Lipinski definition) is 1. The molecule has 0 amide bonds. The molecule has 0 rings (SSSR count). The first kappa shape index (κ1) is 10.2. The van der Waals surface area contributed by atoms with E-state index in [1.165, 1.54) is 0 Å². The van der Waals surface area contributed by atoms with Crippen LogP contribution in [0.1, 0.15) is 13.8 Å². The lowest BCUT2D eigenvalue weighted by Gasteiger charge is -1.99. The molecule has 11 heavy (non-hydrogen) atoms. The fourth-order valence-corrected chi connectivity index (χ4v) is 0.781. The van der Waals surface area contributed by atoms with Crippen LogP contribution >= 0.6 is 0 Å². The summed E-state index contributed by atoms with van der Waals surface area (Å²) in [6.45, 7) is 7.86. The Morgan fingerprint density at radius 3 is 2.36 bits per heavy atom. The molecule has 0 heterocycles. The Balaban J connectivity index is 4.35. The van der Waals surface area contributed by atoms with E-state index in [1.54, 1.807) is 6.08 Å². The first-order valence-electron chi connectivity index (χ1n) is 3.69. The maximum absolute atomic E-state index is 8.59. The van der Waals surface area contributed by atoms with Gasteiger partial charge < -0.3 is 5.11 Å². The summed E-state index contributed by atoms with van der Waals surface area (Å²) in [6, 6.07) is 0. The van der Waals surface area contributed by atoms with Crippen LogP contribution in [0.5, 0.6) is 0 Å². The fourth-order valence-electron chi connectivity index (χ4n) is 0.781. The van der Waals surface area contributed by atoms with E-state index in [2.05, 4.69) is 6.58 Å². The number of allylic oxidation sites excluding steroid dienone is 4. The SMILES string of the molecule is BC(=C)/C=C(C)\C(C)=C/CO. The fraction of sp³-hybridized carbons (Fsp3) is 0.333. The van der Waals surface area contributed by atoms with E-state index >= 15 is 0 Å². The molecule has 60 valence electrons. The van der Waals surface area contributed by atoms with Crippen LogP contribution in [0.4, 0.5) is 0 Å². The van der Waals surface area contributed by atoms with Crippen molar-refractivity contribution in [2.75, 3.05) is 6.61 Å². The van der Waals surface area contributed by atoms with Crippen LogP contribution in [0.3, 0.4) is 0 Å². The highest BCUT2D eigenvalue weighted by molar-refractivity contribution is 6.23. The molecule has 1 N–H and O–H groups in total. The molecule has 0 bridgehead atoms. The third-order valence-corrected chi connectivity index (χ3v) is 1.48. The number of aliphatic hydroxyl groups excluding tert-OH is 1. The van der Waals surface area contributed by atoms with E-state index in [0.29, 0.717) is 0 Å². The Morgan fingerprint density at radius 2 is 2.00 bits per heavy atom. The monoisotopic (exact) mass is 150 g/mol. The highest BCUT2D eigenvalue weighted by Gasteiger charge is 1.90. The van der Waals surface area contributed by atoms with Gasteiger partial charge in [-0.25, -0.2) is 0 Å². The third kappa shape index (κ3) is 4.62. The average Bonchev–Trinajstić information content (AvgIpc) is 1.86. The first-order valence-corrected chi connectivity index (χ1v) is 3.69. The average molecular weight is 150 g/mol. The second-order valence-corrected chi connectivity index (χ2v) is 2.74. The Kier molecular flexibility index (Phi) is 4.63. The Bertz CT molecular complexity index is 202. The zero-order valence-corrected chi connectivity index (χ0v) is 7.52. The molecule has 0 aromatic rings. The molecule has 0 aliphatic heterocycles. The quantitative estimate of drug-likeness (QED) is 0.470. The predicted octanol–water partition coefficient (Wildman–Crippen LogP) is 1.02. The van der Waals surface area contributed by atoms with E-state index in [4.69, 9.17) is 5.11 Å². The summed E-state index contributed by atoms with van der Waals surface area (Å²) >= 11 is 0. The summed E-state index contributed by atoms with van der Waals surface area (Å²) in [4.78, 5) is 0. The highest BCUT2D eigenvalue weighted by Crippen LogP contribution is 2.08. The summed E-state index contributed by atoms with van der Waals surface area (Å²) in [5, 5.41) is 8.59. The standard InChI is InChI=1S/C9H15BO/c1-7(4-5-11)8(2)6-9(3)10/h4,6,11H,3,5,10H2,1-2H3/b7-4-,8-6-. The minimum atomic E-state index is 0.104. The van der Waals surface area contributed by atoms with E-state index in [0.717, 1.165) is 16.6 Å². The van der Waals surface area contributed by atoms with Crippen molar-refractivity contribution in [3.8, 4) is 0 Å². The van der Waals surface area contributed by atoms with Gasteiger partial charge in [-0.05, 0) is 25.0 Å². The van der Waals surface area contributed by atoms with E-state index in [9.17, 15) is 0 Å². The lowest BCUT2D eigenvalue weighted by atomic mass is 9.94. The van der Waals surface area contributed by atoms with Crippen molar-refractivity contribution < 1.29 is 5.11 Å². The summed E-state index contributed by atoms with van der Waals surface area (Å²) in [5.41, 5.74) is 3.30. The Labute approximate surface area is 69.5 Å². The van der Waals surface area contributed by atoms with Gasteiger partial charge in [0.2, 0.25) is 0 Å². The second kappa shape index (κ2) is 4.97. The summed E-state index contributed by atoms with van der Waals surface area (Å²) in [5.74, 6) is 0. The molecule has 0 fully saturated rings. The van der Waals surface area contributed by atoms with Crippen LogP contribution in [0.2, 0.25) is 0 Å². The molecule has 0 saturated carbocycles. The zero-order valence-electron chi connectivity index (χ0n) is 7.52. The molecule has 0 spiro atoms. The molecular weight excluding hydrogens is 135 g/mol. The molecule has 0 aromatic carbocycles. The van der Waals surface area contributed by atoms with Gasteiger partial charge in [0.1, 0.15) is 7.85 Å². The molecule has 0 aliphatic rings. The Morgan fingerprint density at radius 1 is 1.45 bits per heavy atom. The van der Waals surface area contributed by atoms with Crippen molar-refractivity contribution >= 4 is 7.85 Å². The van der Waals surface area contributed by atoms with Crippen LogP contribution in [-0.2, 0) is 0 Å². The van der Waals surface area contributed by atoms with Crippen LogP contribution in [0.15, 0.2) is 35.3 Å².